The number of furan rings is 1. The van der Waals surface area contributed by atoms with Crippen molar-refractivity contribution in [3.05, 3.63) is 23.7 Å². The third-order valence-corrected chi connectivity index (χ3v) is 2.58. The van der Waals surface area contributed by atoms with Gasteiger partial charge in [-0.1, -0.05) is 0 Å². The van der Waals surface area contributed by atoms with E-state index in [1.54, 1.807) is 13.2 Å². The van der Waals surface area contributed by atoms with Gasteiger partial charge in [0.1, 0.15) is 11.9 Å². The smallest absolute Gasteiger partial charge is 0.373 e. The van der Waals surface area contributed by atoms with Crippen LogP contribution in [0.25, 0.3) is 0 Å². The van der Waals surface area contributed by atoms with Crippen LogP contribution < -0.4 is 0 Å². The second kappa shape index (κ2) is 5.33. The molecule has 0 aromatic carbocycles. The number of ether oxygens (including phenoxy) is 2. The van der Waals surface area contributed by atoms with Crippen molar-refractivity contribution in [1.82, 2.24) is 0 Å². The minimum Gasteiger partial charge on any atom is -0.463 e. The molecule has 0 spiro atoms. The quantitative estimate of drug-likeness (QED) is 0.799. The van der Waals surface area contributed by atoms with E-state index in [1.165, 1.54) is 13.2 Å². The summed E-state index contributed by atoms with van der Waals surface area (Å²) in [6.45, 7) is 3.72. The van der Waals surface area contributed by atoms with Crippen molar-refractivity contribution in [2.24, 2.45) is 0 Å². The van der Waals surface area contributed by atoms with E-state index in [4.69, 9.17) is 9.15 Å². The Bertz CT molecular complexity index is 380. The summed E-state index contributed by atoms with van der Waals surface area (Å²) < 4.78 is 14.9. The van der Waals surface area contributed by atoms with E-state index in [1.807, 2.05) is 13.8 Å². The van der Waals surface area contributed by atoms with E-state index in [9.17, 15) is 9.90 Å². The lowest BCUT2D eigenvalue weighted by molar-refractivity contribution is -0.0250. The maximum atomic E-state index is 11.2. The van der Waals surface area contributed by atoms with Gasteiger partial charge in [0.05, 0.1) is 12.7 Å². The molecule has 1 N–H and O–H groups in total. The Morgan fingerprint density at radius 2 is 2.12 bits per heavy atom. The lowest BCUT2D eigenvalue weighted by Gasteiger charge is -2.24. The van der Waals surface area contributed by atoms with Gasteiger partial charge in [0.2, 0.25) is 5.76 Å². The molecule has 17 heavy (non-hydrogen) atoms. The second-order valence-corrected chi connectivity index (χ2v) is 4.38. The zero-order valence-corrected chi connectivity index (χ0v) is 10.5. The monoisotopic (exact) mass is 242 g/mol. The molecule has 1 heterocycles. The average Bonchev–Trinajstić information content (AvgIpc) is 2.77. The van der Waals surface area contributed by atoms with Gasteiger partial charge in [0.15, 0.2) is 0 Å². The number of rotatable bonds is 5. The molecule has 96 valence electrons. The summed E-state index contributed by atoms with van der Waals surface area (Å²) in [5.74, 6) is -0.151. The molecule has 0 bridgehead atoms. The van der Waals surface area contributed by atoms with E-state index < -0.39 is 17.7 Å². The van der Waals surface area contributed by atoms with Crippen LogP contribution in [0.2, 0.25) is 0 Å². The summed E-state index contributed by atoms with van der Waals surface area (Å²) in [5, 5.41) is 9.93. The molecular weight excluding hydrogens is 224 g/mol. The molecule has 0 aliphatic rings. The fourth-order valence-corrected chi connectivity index (χ4v) is 1.39. The number of carbonyl (C=O) groups excluding carboxylic acids is 1. The fraction of sp³-hybridized carbons (Fsp3) is 0.583. The summed E-state index contributed by atoms with van der Waals surface area (Å²) in [5.41, 5.74) is -0.461. The van der Waals surface area contributed by atoms with E-state index in [0.29, 0.717) is 12.2 Å². The number of carbonyl (C=O) groups is 1. The van der Waals surface area contributed by atoms with Gasteiger partial charge in [-0.05, 0) is 26.0 Å². The lowest BCUT2D eigenvalue weighted by Crippen LogP contribution is -2.25. The molecule has 1 rings (SSSR count). The summed E-state index contributed by atoms with van der Waals surface area (Å²) in [4.78, 5) is 11.2. The zero-order chi connectivity index (χ0) is 13.1. The molecule has 0 radical (unpaired) electrons. The number of methoxy groups -OCH3 is 2. The van der Waals surface area contributed by atoms with Crippen molar-refractivity contribution < 1.29 is 23.8 Å². The van der Waals surface area contributed by atoms with Gasteiger partial charge in [-0.3, -0.25) is 0 Å². The standard InChI is InChI=1S/C12H18O5/c1-12(2,16-4)7-8(13)9-5-6-10(17-9)11(14)15-3/h5-6,8,13H,7H2,1-4H3. The number of esters is 1. The molecule has 0 amide bonds. The third kappa shape index (κ3) is 3.57. The Kier molecular flexibility index (Phi) is 4.31. The highest BCUT2D eigenvalue weighted by atomic mass is 16.5. The lowest BCUT2D eigenvalue weighted by atomic mass is 9.99. The van der Waals surface area contributed by atoms with Crippen LogP contribution in [0.1, 0.15) is 42.7 Å². The van der Waals surface area contributed by atoms with Crippen molar-refractivity contribution >= 4 is 5.97 Å². The van der Waals surface area contributed by atoms with Gasteiger partial charge < -0.3 is 19.0 Å². The molecule has 5 nitrogen and oxygen atoms in total. The van der Waals surface area contributed by atoms with Crippen molar-refractivity contribution in [2.75, 3.05) is 14.2 Å². The van der Waals surface area contributed by atoms with Gasteiger partial charge in [0, 0.05) is 13.5 Å². The Morgan fingerprint density at radius 3 is 2.65 bits per heavy atom. The molecule has 1 aromatic rings. The van der Waals surface area contributed by atoms with Crippen LogP contribution in [0.4, 0.5) is 0 Å². The van der Waals surface area contributed by atoms with Crippen LogP contribution in [0.5, 0.6) is 0 Å². The van der Waals surface area contributed by atoms with E-state index in [2.05, 4.69) is 4.74 Å². The highest BCUT2D eigenvalue weighted by Gasteiger charge is 2.25. The first-order chi connectivity index (χ1) is 7.89. The molecular formula is C12H18O5. The Balaban J connectivity index is 2.73. The molecule has 0 aliphatic carbocycles. The SMILES string of the molecule is COC(=O)c1ccc(C(O)CC(C)(C)OC)o1. The first kappa shape index (κ1) is 13.7. The highest BCUT2D eigenvalue weighted by Crippen LogP contribution is 2.27. The van der Waals surface area contributed by atoms with Gasteiger partial charge >= 0.3 is 5.97 Å². The first-order valence-electron chi connectivity index (χ1n) is 5.31. The summed E-state index contributed by atoms with van der Waals surface area (Å²) in [7, 11) is 2.85. The van der Waals surface area contributed by atoms with Gasteiger partial charge in [-0.15, -0.1) is 0 Å². The fourth-order valence-electron chi connectivity index (χ4n) is 1.39. The zero-order valence-electron chi connectivity index (χ0n) is 10.5. The molecule has 0 saturated carbocycles. The predicted molar refractivity (Wildman–Crippen MR) is 60.7 cm³/mol. The molecule has 0 aliphatic heterocycles. The number of hydrogen-bond donors (Lipinski definition) is 1. The van der Waals surface area contributed by atoms with Crippen LogP contribution >= 0.6 is 0 Å². The minimum absolute atomic E-state index is 0.0803. The molecule has 1 unspecified atom stereocenters. The highest BCUT2D eigenvalue weighted by molar-refractivity contribution is 5.86. The van der Waals surface area contributed by atoms with Crippen molar-refractivity contribution in [2.45, 2.75) is 32.0 Å². The van der Waals surface area contributed by atoms with Crippen LogP contribution in [-0.4, -0.2) is 30.9 Å². The van der Waals surface area contributed by atoms with Crippen LogP contribution in [0.3, 0.4) is 0 Å². The number of aliphatic hydroxyl groups is 1. The van der Waals surface area contributed by atoms with Crippen LogP contribution in [0.15, 0.2) is 16.5 Å². The first-order valence-corrected chi connectivity index (χ1v) is 5.31. The maximum absolute atomic E-state index is 11.2. The third-order valence-electron chi connectivity index (χ3n) is 2.58. The van der Waals surface area contributed by atoms with Gasteiger partial charge in [-0.25, -0.2) is 4.79 Å². The minimum atomic E-state index is -0.816. The van der Waals surface area contributed by atoms with Crippen molar-refractivity contribution in [3.8, 4) is 0 Å². The summed E-state index contributed by atoms with van der Waals surface area (Å²) in [6.07, 6.45) is -0.444. The van der Waals surface area contributed by atoms with Gasteiger partial charge in [-0.2, -0.15) is 0 Å². The Labute approximate surface area is 100 Å². The molecule has 1 atom stereocenters. The number of hydrogen-bond acceptors (Lipinski definition) is 5. The number of aliphatic hydroxyl groups excluding tert-OH is 1. The van der Waals surface area contributed by atoms with Crippen LogP contribution in [-0.2, 0) is 9.47 Å². The second-order valence-electron chi connectivity index (χ2n) is 4.38. The van der Waals surface area contributed by atoms with E-state index >= 15 is 0 Å². The van der Waals surface area contributed by atoms with Gasteiger partial charge in [0.25, 0.3) is 0 Å². The normalized spacial score (nSPS) is 13.5. The maximum Gasteiger partial charge on any atom is 0.373 e. The Morgan fingerprint density at radius 1 is 1.47 bits per heavy atom. The molecule has 1 aromatic heterocycles. The largest absolute Gasteiger partial charge is 0.463 e. The molecule has 5 heteroatoms. The van der Waals surface area contributed by atoms with Crippen molar-refractivity contribution in [1.29, 1.82) is 0 Å². The van der Waals surface area contributed by atoms with Crippen LogP contribution in [0, 0.1) is 0 Å². The van der Waals surface area contributed by atoms with Crippen molar-refractivity contribution in [3.63, 3.8) is 0 Å². The Hall–Kier alpha value is -1.33. The average molecular weight is 242 g/mol. The summed E-state index contributed by atoms with van der Waals surface area (Å²) >= 11 is 0. The van der Waals surface area contributed by atoms with E-state index in [0.717, 1.165) is 0 Å². The molecule has 0 saturated heterocycles. The summed E-state index contributed by atoms with van der Waals surface area (Å²) in [6, 6.07) is 3.03. The predicted octanol–water partition coefficient (Wildman–Crippen LogP) is 1.91. The van der Waals surface area contributed by atoms with E-state index in [-0.39, 0.29) is 5.76 Å². The topological polar surface area (TPSA) is 68.9 Å². The molecule has 0 fully saturated rings.